The van der Waals surface area contributed by atoms with Crippen LogP contribution in [0.4, 0.5) is 13.2 Å². The Hall–Kier alpha value is -2.53. The summed E-state index contributed by atoms with van der Waals surface area (Å²) < 4.78 is 38.6. The Morgan fingerprint density at radius 2 is 2.17 bits per heavy atom. The first-order valence-electron chi connectivity index (χ1n) is 6.38. The topological polar surface area (TPSA) is 65.8 Å². The van der Waals surface area contributed by atoms with Gasteiger partial charge in [-0.25, -0.2) is 9.37 Å². The second-order valence-electron chi connectivity index (χ2n) is 4.34. The quantitative estimate of drug-likeness (QED) is 0.850. The van der Waals surface area contributed by atoms with E-state index in [9.17, 15) is 18.0 Å². The van der Waals surface area contributed by atoms with Crippen LogP contribution in [-0.2, 0) is 6.54 Å². The fourth-order valence-electron chi connectivity index (χ4n) is 1.77. The Morgan fingerprint density at radius 3 is 2.83 bits per heavy atom. The number of nitrogens with one attached hydrogen (secondary N) is 1. The van der Waals surface area contributed by atoms with Gasteiger partial charge in [0.1, 0.15) is 10.8 Å². The maximum Gasteiger partial charge on any atom is 0.290 e. The van der Waals surface area contributed by atoms with Crippen LogP contribution in [0.5, 0.6) is 0 Å². The van der Waals surface area contributed by atoms with E-state index >= 15 is 0 Å². The van der Waals surface area contributed by atoms with Crippen LogP contribution >= 0.6 is 11.8 Å². The Bertz CT molecular complexity index is 762. The summed E-state index contributed by atoms with van der Waals surface area (Å²) in [5.74, 6) is -3.96. The van der Waals surface area contributed by atoms with Gasteiger partial charge in [0.15, 0.2) is 0 Å². The molecule has 0 saturated heterocycles. The molecule has 1 heterocycles. The molecule has 0 bridgehead atoms. The number of aromatic nitrogens is 1. The molecule has 1 aromatic carbocycles. The molecular formula is C15H10F3N3OS. The van der Waals surface area contributed by atoms with Crippen LogP contribution in [0.15, 0.2) is 41.6 Å². The molecule has 4 nitrogen and oxygen atoms in total. The van der Waals surface area contributed by atoms with Crippen LogP contribution in [-0.4, -0.2) is 16.6 Å². The highest BCUT2D eigenvalue weighted by atomic mass is 32.2. The molecule has 0 saturated carbocycles. The van der Waals surface area contributed by atoms with Crippen molar-refractivity contribution in [3.63, 3.8) is 0 Å². The van der Waals surface area contributed by atoms with Crippen molar-refractivity contribution in [2.75, 3.05) is 0 Å². The summed E-state index contributed by atoms with van der Waals surface area (Å²) in [5.41, 5.74) is 0.344. The van der Waals surface area contributed by atoms with Crippen molar-refractivity contribution in [1.29, 1.82) is 5.26 Å². The highest BCUT2D eigenvalue weighted by Crippen LogP contribution is 2.26. The standard InChI is InChI=1S/C15H10F3N3OS/c16-12-6-9(7-19)3-4-10(12)8-21-13(22)11-2-1-5-20-14(11)23-15(17)18/h1-6,15H,8H2,(H,21,22). The Balaban J connectivity index is 2.10. The van der Waals surface area contributed by atoms with E-state index in [2.05, 4.69) is 10.3 Å². The van der Waals surface area contributed by atoms with Gasteiger partial charge in [-0.05, 0) is 36.0 Å². The molecule has 2 aromatic rings. The number of amides is 1. The van der Waals surface area contributed by atoms with Crippen molar-refractivity contribution in [2.24, 2.45) is 0 Å². The molecule has 8 heteroatoms. The third-order valence-corrected chi connectivity index (χ3v) is 3.56. The number of benzene rings is 1. The van der Waals surface area contributed by atoms with Crippen LogP contribution in [0.1, 0.15) is 21.5 Å². The molecule has 0 spiro atoms. The first kappa shape index (κ1) is 16.8. The summed E-state index contributed by atoms with van der Waals surface area (Å²) in [5, 5.41) is 11.0. The van der Waals surface area contributed by atoms with Crippen LogP contribution in [0.2, 0.25) is 0 Å². The lowest BCUT2D eigenvalue weighted by molar-refractivity contribution is 0.0947. The first-order chi connectivity index (χ1) is 11.0. The number of pyridine rings is 1. The average Bonchev–Trinajstić information content (AvgIpc) is 2.53. The zero-order valence-electron chi connectivity index (χ0n) is 11.6. The zero-order valence-corrected chi connectivity index (χ0v) is 12.4. The van der Waals surface area contributed by atoms with Crippen LogP contribution in [0.3, 0.4) is 0 Å². The van der Waals surface area contributed by atoms with E-state index in [1.54, 1.807) is 6.07 Å². The van der Waals surface area contributed by atoms with Crippen molar-refractivity contribution >= 4 is 17.7 Å². The van der Waals surface area contributed by atoms with Gasteiger partial charge in [0.05, 0.1) is 17.2 Å². The summed E-state index contributed by atoms with van der Waals surface area (Å²) >= 11 is 0.168. The molecule has 0 fully saturated rings. The van der Waals surface area contributed by atoms with Crippen LogP contribution in [0, 0.1) is 17.1 Å². The monoisotopic (exact) mass is 337 g/mol. The summed E-state index contributed by atoms with van der Waals surface area (Å²) in [6.45, 7) is -0.135. The van der Waals surface area contributed by atoms with Gasteiger partial charge in [-0.15, -0.1) is 0 Å². The summed E-state index contributed by atoms with van der Waals surface area (Å²) in [7, 11) is 0. The second kappa shape index (κ2) is 7.65. The van der Waals surface area contributed by atoms with Gasteiger partial charge in [0.25, 0.3) is 11.7 Å². The summed E-state index contributed by atoms with van der Waals surface area (Å²) in [4.78, 5) is 15.8. The third kappa shape index (κ3) is 4.47. The van der Waals surface area contributed by atoms with Crippen molar-refractivity contribution in [3.8, 4) is 6.07 Å². The molecule has 0 aliphatic heterocycles. The molecule has 0 unspecified atom stereocenters. The smallest absolute Gasteiger partial charge is 0.290 e. The second-order valence-corrected chi connectivity index (χ2v) is 5.31. The molecule has 0 radical (unpaired) electrons. The number of hydrogen-bond donors (Lipinski definition) is 1. The van der Waals surface area contributed by atoms with Gasteiger partial charge in [0.2, 0.25) is 0 Å². The first-order valence-corrected chi connectivity index (χ1v) is 7.25. The Morgan fingerprint density at radius 1 is 1.39 bits per heavy atom. The number of alkyl halides is 2. The molecule has 1 N–H and O–H groups in total. The van der Waals surface area contributed by atoms with Gasteiger partial charge in [-0.2, -0.15) is 14.0 Å². The molecule has 1 amide bonds. The van der Waals surface area contributed by atoms with E-state index in [4.69, 9.17) is 5.26 Å². The SMILES string of the molecule is N#Cc1ccc(CNC(=O)c2cccnc2SC(F)F)c(F)c1. The van der Waals surface area contributed by atoms with Crippen molar-refractivity contribution in [2.45, 2.75) is 17.3 Å². The maximum atomic E-state index is 13.7. The lowest BCUT2D eigenvalue weighted by Gasteiger charge is -2.09. The number of carbonyl (C=O) groups is 1. The van der Waals surface area contributed by atoms with E-state index in [1.807, 2.05) is 0 Å². The highest BCUT2D eigenvalue weighted by molar-refractivity contribution is 7.99. The number of halogens is 3. The normalized spacial score (nSPS) is 10.4. The molecule has 118 valence electrons. The van der Waals surface area contributed by atoms with E-state index in [1.165, 1.54) is 30.5 Å². The molecule has 0 aliphatic carbocycles. The van der Waals surface area contributed by atoms with E-state index < -0.39 is 17.5 Å². The average molecular weight is 337 g/mol. The molecule has 1 aromatic heterocycles. The fraction of sp³-hybridized carbons (Fsp3) is 0.133. The molecule has 23 heavy (non-hydrogen) atoms. The predicted octanol–water partition coefficient (Wildman–Crippen LogP) is 3.34. The number of thioether (sulfide) groups is 1. The molecule has 0 aliphatic rings. The molecular weight excluding hydrogens is 327 g/mol. The molecule has 2 rings (SSSR count). The van der Waals surface area contributed by atoms with Crippen LogP contribution in [0.25, 0.3) is 0 Å². The van der Waals surface area contributed by atoms with Crippen molar-refractivity contribution < 1.29 is 18.0 Å². The van der Waals surface area contributed by atoms with E-state index in [0.717, 1.165) is 6.07 Å². The maximum absolute atomic E-state index is 13.7. The van der Waals surface area contributed by atoms with Crippen molar-refractivity contribution in [3.05, 3.63) is 59.0 Å². The van der Waals surface area contributed by atoms with Crippen molar-refractivity contribution in [1.82, 2.24) is 10.3 Å². The minimum absolute atomic E-state index is 0.00754. The van der Waals surface area contributed by atoms with Gasteiger partial charge >= 0.3 is 0 Å². The number of nitrogens with zero attached hydrogens (tertiary/aromatic N) is 2. The minimum atomic E-state index is -2.70. The van der Waals surface area contributed by atoms with Gasteiger partial charge in [-0.1, -0.05) is 6.07 Å². The Kier molecular flexibility index (Phi) is 5.60. The summed E-state index contributed by atoms with van der Waals surface area (Å²) in [6.07, 6.45) is 1.31. The number of nitriles is 1. The number of carbonyl (C=O) groups excluding carboxylic acids is 1. The lowest BCUT2D eigenvalue weighted by atomic mass is 10.1. The number of hydrogen-bond acceptors (Lipinski definition) is 4. The predicted molar refractivity (Wildman–Crippen MR) is 78.4 cm³/mol. The molecule has 0 atom stereocenters. The van der Waals surface area contributed by atoms with Gasteiger partial charge in [0, 0.05) is 18.3 Å². The Labute approximate surface area is 134 Å². The summed E-state index contributed by atoms with van der Waals surface area (Å²) in [6, 6.07) is 8.48. The van der Waals surface area contributed by atoms with Gasteiger partial charge in [-0.3, -0.25) is 4.79 Å². The van der Waals surface area contributed by atoms with E-state index in [-0.39, 0.29) is 40.0 Å². The number of rotatable bonds is 5. The fourth-order valence-corrected chi connectivity index (χ4v) is 2.35. The largest absolute Gasteiger partial charge is 0.348 e. The van der Waals surface area contributed by atoms with E-state index in [0.29, 0.717) is 0 Å². The zero-order chi connectivity index (χ0) is 16.8. The minimum Gasteiger partial charge on any atom is -0.348 e. The highest BCUT2D eigenvalue weighted by Gasteiger charge is 2.16. The lowest BCUT2D eigenvalue weighted by Crippen LogP contribution is -2.24. The van der Waals surface area contributed by atoms with Crippen LogP contribution < -0.4 is 5.32 Å². The van der Waals surface area contributed by atoms with Gasteiger partial charge < -0.3 is 5.32 Å². The third-order valence-electron chi connectivity index (χ3n) is 2.84.